The van der Waals surface area contributed by atoms with Crippen LogP contribution in [-0.2, 0) is 17.9 Å². The molecule has 4 aromatic rings. The lowest BCUT2D eigenvalue weighted by Gasteiger charge is -2.24. The maximum absolute atomic E-state index is 13.4. The summed E-state index contributed by atoms with van der Waals surface area (Å²) in [4.78, 5) is 4.34. The average molecular weight is 393 g/mol. The van der Waals surface area contributed by atoms with Crippen LogP contribution in [0.3, 0.4) is 0 Å². The van der Waals surface area contributed by atoms with Gasteiger partial charge < -0.3 is 14.0 Å². The third kappa shape index (κ3) is 3.25. The molecule has 2 aromatic heterocycles. The van der Waals surface area contributed by atoms with Crippen molar-refractivity contribution in [1.29, 1.82) is 0 Å². The normalized spacial score (nSPS) is 15.9. The van der Waals surface area contributed by atoms with E-state index in [-0.39, 0.29) is 23.6 Å². The number of nitrogens with zero attached hydrogens (tertiary/aromatic N) is 5. The standard InChI is InChI=1S/C20H16FN5O3/c1-27-15-7-5-12(6-8-15)17-10-26-16(11-28-17)18(23-25-26)20-22-19(24-29-20)13-3-2-4-14(21)9-13/h2-9,17H,10-11H2,1H3/t17-/m0/s1. The number of hydrogen-bond acceptors (Lipinski definition) is 7. The highest BCUT2D eigenvalue weighted by Gasteiger charge is 2.28. The third-order valence-electron chi connectivity index (χ3n) is 4.80. The molecule has 0 unspecified atom stereocenters. The van der Waals surface area contributed by atoms with Gasteiger partial charge >= 0.3 is 0 Å². The molecule has 29 heavy (non-hydrogen) atoms. The first kappa shape index (κ1) is 17.5. The molecule has 1 aliphatic rings. The van der Waals surface area contributed by atoms with Crippen LogP contribution in [0.25, 0.3) is 23.0 Å². The number of halogens is 1. The van der Waals surface area contributed by atoms with Crippen molar-refractivity contribution >= 4 is 0 Å². The smallest absolute Gasteiger partial charge is 0.280 e. The first-order chi connectivity index (χ1) is 14.2. The molecule has 9 heteroatoms. The van der Waals surface area contributed by atoms with E-state index in [0.29, 0.717) is 24.4 Å². The van der Waals surface area contributed by atoms with Crippen LogP contribution in [0, 0.1) is 5.82 Å². The second kappa shape index (κ2) is 7.10. The fourth-order valence-corrected chi connectivity index (χ4v) is 3.26. The fraction of sp³-hybridized carbons (Fsp3) is 0.200. The van der Waals surface area contributed by atoms with Gasteiger partial charge in [0.25, 0.3) is 5.89 Å². The number of rotatable bonds is 4. The summed E-state index contributed by atoms with van der Waals surface area (Å²) in [7, 11) is 1.63. The fourth-order valence-electron chi connectivity index (χ4n) is 3.26. The van der Waals surface area contributed by atoms with Gasteiger partial charge in [0.2, 0.25) is 5.82 Å². The van der Waals surface area contributed by atoms with Gasteiger partial charge in [-0.15, -0.1) is 5.10 Å². The second-order valence-electron chi connectivity index (χ2n) is 6.57. The zero-order chi connectivity index (χ0) is 19.8. The van der Waals surface area contributed by atoms with Crippen molar-refractivity contribution in [2.75, 3.05) is 7.11 Å². The van der Waals surface area contributed by atoms with Crippen LogP contribution in [-0.4, -0.2) is 32.2 Å². The van der Waals surface area contributed by atoms with Crippen LogP contribution in [0.4, 0.5) is 4.39 Å². The van der Waals surface area contributed by atoms with Gasteiger partial charge in [0, 0.05) is 5.56 Å². The Labute approximate surface area is 164 Å². The molecule has 0 amide bonds. The molecule has 0 saturated carbocycles. The second-order valence-corrected chi connectivity index (χ2v) is 6.57. The quantitative estimate of drug-likeness (QED) is 0.525. The van der Waals surface area contributed by atoms with Crippen LogP contribution in [0.2, 0.25) is 0 Å². The van der Waals surface area contributed by atoms with Gasteiger partial charge in [0.05, 0.1) is 26.0 Å². The summed E-state index contributed by atoms with van der Waals surface area (Å²) in [5.41, 5.74) is 2.77. The van der Waals surface area contributed by atoms with E-state index in [0.717, 1.165) is 17.0 Å². The van der Waals surface area contributed by atoms with E-state index in [1.54, 1.807) is 23.9 Å². The van der Waals surface area contributed by atoms with Crippen molar-refractivity contribution in [2.24, 2.45) is 0 Å². The van der Waals surface area contributed by atoms with Crippen molar-refractivity contribution in [1.82, 2.24) is 25.1 Å². The summed E-state index contributed by atoms with van der Waals surface area (Å²) in [6.45, 7) is 0.816. The number of hydrogen-bond donors (Lipinski definition) is 0. The minimum absolute atomic E-state index is 0.145. The molecule has 5 rings (SSSR count). The first-order valence-corrected chi connectivity index (χ1v) is 8.99. The molecule has 0 aliphatic carbocycles. The van der Waals surface area contributed by atoms with E-state index in [9.17, 15) is 4.39 Å². The largest absolute Gasteiger partial charge is 0.497 e. The molecule has 1 aliphatic heterocycles. The molecule has 0 fully saturated rings. The molecule has 0 saturated heterocycles. The SMILES string of the molecule is COc1ccc([C@@H]2Cn3nnc(-c4nc(-c5cccc(F)c5)no4)c3CO2)cc1. The zero-order valence-electron chi connectivity index (χ0n) is 15.4. The Kier molecular flexibility index (Phi) is 4.28. The van der Waals surface area contributed by atoms with Crippen LogP contribution in [0.5, 0.6) is 5.75 Å². The summed E-state index contributed by atoms with van der Waals surface area (Å²) in [6.07, 6.45) is -0.145. The van der Waals surface area contributed by atoms with Gasteiger partial charge in [0.1, 0.15) is 17.7 Å². The number of fused-ring (bicyclic) bond motifs is 1. The number of ether oxygens (including phenoxy) is 2. The van der Waals surface area contributed by atoms with Crippen molar-refractivity contribution in [3.63, 3.8) is 0 Å². The summed E-state index contributed by atoms with van der Waals surface area (Å²) in [5, 5.41) is 12.3. The van der Waals surface area contributed by atoms with E-state index >= 15 is 0 Å². The van der Waals surface area contributed by atoms with Gasteiger partial charge in [-0.1, -0.05) is 34.6 Å². The van der Waals surface area contributed by atoms with Crippen LogP contribution >= 0.6 is 0 Å². The van der Waals surface area contributed by atoms with Crippen molar-refractivity contribution < 1.29 is 18.4 Å². The number of methoxy groups -OCH3 is 1. The lowest BCUT2D eigenvalue weighted by molar-refractivity contribution is -0.00119. The molecule has 1 atom stereocenters. The average Bonchev–Trinajstić information content (AvgIpc) is 3.40. The molecule has 3 heterocycles. The van der Waals surface area contributed by atoms with Crippen LogP contribution in [0.15, 0.2) is 53.1 Å². The summed E-state index contributed by atoms with van der Waals surface area (Å²) in [6, 6.07) is 13.7. The maximum atomic E-state index is 13.4. The minimum atomic E-state index is -0.368. The predicted molar refractivity (Wildman–Crippen MR) is 99.2 cm³/mol. The van der Waals surface area contributed by atoms with Gasteiger partial charge in [-0.05, 0) is 29.8 Å². The lowest BCUT2D eigenvalue weighted by atomic mass is 10.1. The molecular weight excluding hydrogens is 377 g/mol. The predicted octanol–water partition coefficient (Wildman–Crippen LogP) is 3.41. The molecule has 0 bridgehead atoms. The molecular formula is C20H16FN5O3. The van der Waals surface area contributed by atoms with Gasteiger partial charge in [0.15, 0.2) is 5.69 Å². The van der Waals surface area contributed by atoms with E-state index in [4.69, 9.17) is 14.0 Å². The maximum Gasteiger partial charge on any atom is 0.280 e. The zero-order valence-corrected chi connectivity index (χ0v) is 15.4. The Morgan fingerprint density at radius 2 is 2.03 bits per heavy atom. The topological polar surface area (TPSA) is 88.1 Å². The molecule has 2 aromatic carbocycles. The Morgan fingerprint density at radius 3 is 2.83 bits per heavy atom. The van der Waals surface area contributed by atoms with Crippen LogP contribution < -0.4 is 4.74 Å². The highest BCUT2D eigenvalue weighted by Crippen LogP contribution is 2.31. The number of aromatic nitrogens is 5. The van der Waals surface area contributed by atoms with Gasteiger partial charge in [-0.3, -0.25) is 0 Å². The Balaban J connectivity index is 1.39. The molecule has 0 radical (unpaired) electrons. The Hall–Kier alpha value is -3.59. The monoisotopic (exact) mass is 393 g/mol. The summed E-state index contributed by atoms with van der Waals surface area (Å²) >= 11 is 0. The highest BCUT2D eigenvalue weighted by atomic mass is 19.1. The molecule has 8 nitrogen and oxygen atoms in total. The van der Waals surface area contributed by atoms with Crippen molar-refractivity contribution in [3.8, 4) is 28.7 Å². The van der Waals surface area contributed by atoms with Gasteiger partial charge in [-0.2, -0.15) is 4.98 Å². The van der Waals surface area contributed by atoms with E-state index in [1.807, 2.05) is 24.3 Å². The first-order valence-electron chi connectivity index (χ1n) is 8.99. The highest BCUT2D eigenvalue weighted by molar-refractivity contribution is 5.58. The molecule has 0 N–H and O–H groups in total. The Morgan fingerprint density at radius 1 is 1.17 bits per heavy atom. The van der Waals surface area contributed by atoms with Gasteiger partial charge in [-0.25, -0.2) is 9.07 Å². The minimum Gasteiger partial charge on any atom is -0.497 e. The summed E-state index contributed by atoms with van der Waals surface area (Å²) < 4.78 is 31.8. The van der Waals surface area contributed by atoms with Crippen LogP contribution in [0.1, 0.15) is 17.4 Å². The van der Waals surface area contributed by atoms with Crippen molar-refractivity contribution in [2.45, 2.75) is 19.3 Å². The van der Waals surface area contributed by atoms with E-state index in [2.05, 4.69) is 20.5 Å². The van der Waals surface area contributed by atoms with Crippen molar-refractivity contribution in [3.05, 3.63) is 65.6 Å². The number of benzene rings is 2. The lowest BCUT2D eigenvalue weighted by Crippen LogP contribution is -2.22. The van der Waals surface area contributed by atoms with E-state index < -0.39 is 0 Å². The van der Waals surface area contributed by atoms with E-state index in [1.165, 1.54) is 12.1 Å². The summed E-state index contributed by atoms with van der Waals surface area (Å²) in [5.74, 6) is 0.928. The molecule has 0 spiro atoms. The Bertz CT molecular complexity index is 1160. The third-order valence-corrected chi connectivity index (χ3v) is 4.80. The molecule has 146 valence electrons.